The van der Waals surface area contributed by atoms with E-state index in [2.05, 4.69) is 5.10 Å². The Bertz CT molecular complexity index is 286. The van der Waals surface area contributed by atoms with Crippen molar-refractivity contribution in [2.24, 2.45) is 11.0 Å². The van der Waals surface area contributed by atoms with Gasteiger partial charge in [-0.25, -0.2) is 4.79 Å². The molecule has 0 aromatic heterocycles. The van der Waals surface area contributed by atoms with Crippen molar-refractivity contribution in [3.8, 4) is 0 Å². The molecule has 104 valence electrons. The zero-order valence-electron chi connectivity index (χ0n) is 11.4. The van der Waals surface area contributed by atoms with E-state index in [1.165, 1.54) is 44.2 Å². The molecule has 0 atom stereocenters. The van der Waals surface area contributed by atoms with E-state index in [4.69, 9.17) is 9.94 Å². The van der Waals surface area contributed by atoms with E-state index in [0.717, 1.165) is 12.3 Å². The molecule has 0 aliphatic heterocycles. The topological polar surface area (TPSA) is 62.1 Å². The molecule has 0 amide bonds. The number of hydrogen-bond donors (Lipinski definition) is 1. The molecule has 0 unspecified atom stereocenters. The van der Waals surface area contributed by atoms with Crippen molar-refractivity contribution < 1.29 is 14.7 Å². The van der Waals surface area contributed by atoms with Crippen LogP contribution >= 0.6 is 0 Å². The molecule has 1 N–H and O–H groups in total. The molecule has 1 saturated carbocycles. The molecule has 0 bridgehead atoms. The van der Waals surface area contributed by atoms with Crippen molar-refractivity contribution in [2.75, 3.05) is 13.2 Å². The van der Waals surface area contributed by atoms with Crippen molar-refractivity contribution in [1.29, 1.82) is 0 Å². The molecule has 0 aromatic carbocycles. The van der Waals surface area contributed by atoms with Crippen LogP contribution in [-0.2, 0) is 9.63 Å². The Kier molecular flexibility index (Phi) is 6.72. The van der Waals surface area contributed by atoms with Crippen molar-refractivity contribution >= 4 is 11.7 Å². The predicted octanol–water partition coefficient (Wildman–Crippen LogP) is 2.67. The molecule has 1 aliphatic carbocycles. The van der Waals surface area contributed by atoms with Crippen LogP contribution in [0.3, 0.4) is 0 Å². The number of rotatable bonds is 7. The van der Waals surface area contributed by atoms with E-state index >= 15 is 0 Å². The summed E-state index contributed by atoms with van der Waals surface area (Å²) in [4.78, 5) is 16.2. The highest BCUT2D eigenvalue weighted by Crippen LogP contribution is 2.26. The summed E-state index contributed by atoms with van der Waals surface area (Å²) in [5.41, 5.74) is 0.0505. The summed E-state index contributed by atoms with van der Waals surface area (Å²) in [7, 11) is 0. The van der Waals surface area contributed by atoms with Gasteiger partial charge in [-0.05, 0) is 26.2 Å². The summed E-state index contributed by atoms with van der Waals surface area (Å²) in [5, 5.41) is 14.0. The van der Waals surface area contributed by atoms with Crippen LogP contribution in [-0.4, -0.2) is 35.1 Å². The number of hydrazone groups is 1. The Hall–Kier alpha value is -1.10. The Morgan fingerprint density at radius 3 is 2.61 bits per heavy atom. The zero-order valence-corrected chi connectivity index (χ0v) is 11.4. The highest BCUT2D eigenvalue weighted by molar-refractivity contribution is 6.34. The summed E-state index contributed by atoms with van der Waals surface area (Å²) in [6.45, 7) is 4.53. The van der Waals surface area contributed by atoms with Gasteiger partial charge in [0.05, 0.1) is 13.2 Å². The van der Waals surface area contributed by atoms with Gasteiger partial charge in [-0.1, -0.05) is 32.1 Å². The van der Waals surface area contributed by atoms with Gasteiger partial charge in [-0.3, -0.25) is 4.84 Å². The lowest BCUT2D eigenvalue weighted by Crippen LogP contribution is -2.23. The standard InChI is InChI=1S/C13H24N2O3/c1-3-15(14-11(2)13(16)17)18-10-9-12-7-5-4-6-8-12/h12H,3-10H2,1-2H3,(H,16,17). The summed E-state index contributed by atoms with van der Waals surface area (Å²) in [5.74, 6) is -0.244. The molecule has 0 spiro atoms. The molecule has 5 nitrogen and oxygen atoms in total. The monoisotopic (exact) mass is 256 g/mol. The molecular formula is C13H24N2O3. The average molecular weight is 256 g/mol. The van der Waals surface area contributed by atoms with E-state index in [9.17, 15) is 4.79 Å². The minimum atomic E-state index is -1.01. The SMILES string of the molecule is CCN(N=C(C)C(=O)O)OCCC1CCCCC1. The minimum Gasteiger partial charge on any atom is -0.477 e. The first-order valence-corrected chi connectivity index (χ1v) is 6.82. The summed E-state index contributed by atoms with van der Waals surface area (Å²) >= 11 is 0. The molecule has 0 aromatic rings. The van der Waals surface area contributed by atoms with E-state index in [1.54, 1.807) is 0 Å². The molecule has 0 saturated heterocycles. The normalized spacial score (nSPS) is 17.8. The fraction of sp³-hybridized carbons (Fsp3) is 0.846. The van der Waals surface area contributed by atoms with E-state index in [0.29, 0.717) is 13.2 Å². The first kappa shape index (κ1) is 15.0. The average Bonchev–Trinajstić information content (AvgIpc) is 2.38. The second kappa shape index (κ2) is 8.08. The first-order chi connectivity index (χ1) is 8.63. The zero-order chi connectivity index (χ0) is 13.4. The highest BCUT2D eigenvalue weighted by Gasteiger charge is 2.13. The van der Waals surface area contributed by atoms with Crippen LogP contribution in [0.25, 0.3) is 0 Å². The third-order valence-corrected chi connectivity index (χ3v) is 3.33. The van der Waals surface area contributed by atoms with Gasteiger partial charge in [0.25, 0.3) is 0 Å². The Morgan fingerprint density at radius 2 is 2.06 bits per heavy atom. The van der Waals surface area contributed by atoms with Gasteiger partial charge in [0.2, 0.25) is 0 Å². The number of carboxylic acid groups (broad SMARTS) is 1. The van der Waals surface area contributed by atoms with Crippen molar-refractivity contribution in [3.63, 3.8) is 0 Å². The summed E-state index contributed by atoms with van der Waals surface area (Å²) in [6.07, 6.45) is 7.66. The van der Waals surface area contributed by atoms with Crippen LogP contribution in [0.1, 0.15) is 52.4 Å². The van der Waals surface area contributed by atoms with E-state index in [1.807, 2.05) is 6.92 Å². The largest absolute Gasteiger partial charge is 0.477 e. The van der Waals surface area contributed by atoms with Gasteiger partial charge >= 0.3 is 5.97 Å². The Balaban J connectivity index is 2.26. The fourth-order valence-corrected chi connectivity index (χ4v) is 2.20. The fourth-order valence-electron chi connectivity index (χ4n) is 2.20. The van der Waals surface area contributed by atoms with Crippen molar-refractivity contribution in [3.05, 3.63) is 0 Å². The maximum Gasteiger partial charge on any atom is 0.351 e. The second-order valence-corrected chi connectivity index (χ2v) is 4.78. The smallest absolute Gasteiger partial charge is 0.351 e. The van der Waals surface area contributed by atoms with Gasteiger partial charge in [0.15, 0.2) is 0 Å². The summed E-state index contributed by atoms with van der Waals surface area (Å²) in [6, 6.07) is 0. The van der Waals surface area contributed by atoms with Crippen LogP contribution in [0.2, 0.25) is 0 Å². The quantitative estimate of drug-likeness (QED) is 0.562. The number of aliphatic carboxylic acids is 1. The van der Waals surface area contributed by atoms with Crippen molar-refractivity contribution in [2.45, 2.75) is 52.4 Å². The Labute approximate surface area is 109 Å². The number of hydrogen-bond acceptors (Lipinski definition) is 4. The second-order valence-electron chi connectivity index (χ2n) is 4.78. The first-order valence-electron chi connectivity index (χ1n) is 6.82. The van der Waals surface area contributed by atoms with Gasteiger partial charge in [0, 0.05) is 0 Å². The maximum absolute atomic E-state index is 10.7. The third-order valence-electron chi connectivity index (χ3n) is 3.33. The molecule has 0 heterocycles. The molecule has 0 radical (unpaired) electrons. The Morgan fingerprint density at radius 1 is 1.39 bits per heavy atom. The van der Waals surface area contributed by atoms with Gasteiger partial charge in [0.1, 0.15) is 5.71 Å². The predicted molar refractivity (Wildman–Crippen MR) is 70.3 cm³/mol. The lowest BCUT2D eigenvalue weighted by molar-refractivity contribution is -0.160. The van der Waals surface area contributed by atoms with Gasteiger partial charge in [-0.15, -0.1) is 5.10 Å². The molecule has 1 fully saturated rings. The van der Waals surface area contributed by atoms with Crippen LogP contribution in [0.5, 0.6) is 0 Å². The van der Waals surface area contributed by atoms with Crippen LogP contribution < -0.4 is 0 Å². The van der Waals surface area contributed by atoms with E-state index < -0.39 is 5.97 Å². The van der Waals surface area contributed by atoms with Crippen molar-refractivity contribution in [1.82, 2.24) is 5.17 Å². The van der Waals surface area contributed by atoms with Crippen LogP contribution in [0.4, 0.5) is 0 Å². The number of carbonyl (C=O) groups is 1. The molecular weight excluding hydrogens is 232 g/mol. The lowest BCUT2D eigenvalue weighted by atomic mass is 9.87. The molecule has 18 heavy (non-hydrogen) atoms. The number of nitrogens with zero attached hydrogens (tertiary/aromatic N) is 2. The maximum atomic E-state index is 10.7. The molecule has 1 rings (SSSR count). The number of carboxylic acids is 1. The molecule has 1 aliphatic rings. The van der Waals surface area contributed by atoms with Crippen LogP contribution in [0.15, 0.2) is 5.10 Å². The lowest BCUT2D eigenvalue weighted by Gasteiger charge is -2.23. The van der Waals surface area contributed by atoms with Gasteiger partial charge < -0.3 is 5.11 Å². The summed E-state index contributed by atoms with van der Waals surface area (Å²) < 4.78 is 0. The number of hydroxylamine groups is 1. The van der Waals surface area contributed by atoms with Crippen LogP contribution in [0, 0.1) is 5.92 Å². The highest BCUT2D eigenvalue weighted by atomic mass is 16.7. The van der Waals surface area contributed by atoms with Gasteiger partial charge in [-0.2, -0.15) is 5.17 Å². The molecule has 5 heteroatoms. The minimum absolute atomic E-state index is 0.0505. The third kappa shape index (κ3) is 5.49. The van der Waals surface area contributed by atoms with E-state index in [-0.39, 0.29) is 5.71 Å².